The molecule has 0 heterocycles. The number of rotatable bonds is 9. The Morgan fingerprint density at radius 2 is 1.38 bits per heavy atom. The number of thioether (sulfide) groups is 1. The summed E-state index contributed by atoms with van der Waals surface area (Å²) in [4.78, 5) is 11.7. The van der Waals surface area contributed by atoms with Crippen molar-refractivity contribution >= 4 is 39.2 Å². The van der Waals surface area contributed by atoms with Crippen LogP contribution in [0.15, 0.2) is 119 Å². The monoisotopic (exact) mass is 530 g/mol. The fourth-order valence-electron chi connectivity index (χ4n) is 3.50. The summed E-state index contributed by atoms with van der Waals surface area (Å²) >= 11 is 5.24. The predicted octanol–water partition coefficient (Wildman–Crippen LogP) is 7.80. The Labute approximate surface area is 212 Å². The van der Waals surface area contributed by atoms with Crippen LogP contribution in [0.4, 0.5) is 0 Å². The second-order valence-electron chi connectivity index (χ2n) is 7.53. The highest BCUT2D eigenvalue weighted by atomic mass is 79.9. The van der Waals surface area contributed by atoms with Crippen LogP contribution in [0.1, 0.15) is 11.1 Å². The topological polar surface area (TPSA) is 46.5 Å². The van der Waals surface area contributed by atoms with Gasteiger partial charge in [-0.3, -0.25) is 0 Å². The molecule has 1 N–H and O–H groups in total. The summed E-state index contributed by atoms with van der Waals surface area (Å²) in [6, 6.07) is 34.9. The lowest BCUT2D eigenvalue weighted by Crippen LogP contribution is -2.09. The van der Waals surface area contributed by atoms with E-state index in [-0.39, 0.29) is 6.61 Å². The highest BCUT2D eigenvalue weighted by molar-refractivity contribution is 9.10. The fraction of sp³-hybridized carbons (Fsp3) is 0.0690. The molecule has 0 saturated heterocycles. The summed E-state index contributed by atoms with van der Waals surface area (Å²) in [6.07, 6.45) is 2.25. The second-order valence-corrected chi connectivity index (χ2v) is 9.54. The molecule has 0 aliphatic carbocycles. The van der Waals surface area contributed by atoms with Gasteiger partial charge >= 0.3 is 5.97 Å². The van der Waals surface area contributed by atoms with Gasteiger partial charge in [0.1, 0.15) is 5.75 Å². The summed E-state index contributed by atoms with van der Waals surface area (Å²) < 4.78 is 6.26. The normalized spacial score (nSPS) is 11.3. The van der Waals surface area contributed by atoms with E-state index >= 15 is 0 Å². The van der Waals surface area contributed by atoms with E-state index in [1.54, 1.807) is 23.9 Å². The lowest BCUT2D eigenvalue weighted by Gasteiger charge is -2.11. The minimum atomic E-state index is -0.985. The van der Waals surface area contributed by atoms with Crippen LogP contribution in [-0.2, 0) is 4.79 Å². The van der Waals surface area contributed by atoms with Gasteiger partial charge in [-0.1, -0.05) is 88.7 Å². The molecule has 4 aromatic carbocycles. The SMILES string of the molecule is O=C(O)COc1ccc(SCC=C(c2ccc(Br)cc2)c2ccc(-c3ccccc3)cc2)cc1. The number of carboxylic acid groups (broad SMARTS) is 1. The standard InChI is InChI=1S/C29H23BrO3S/c30-25-12-10-24(11-13-25)28(23-8-6-22(7-9-23)21-4-2-1-3-5-21)18-19-34-27-16-14-26(15-17-27)33-20-29(31)32/h1-18H,19-20H2,(H,31,32). The van der Waals surface area contributed by atoms with Crippen LogP contribution in [0.25, 0.3) is 16.7 Å². The number of halogens is 1. The van der Waals surface area contributed by atoms with Crippen molar-refractivity contribution in [1.29, 1.82) is 0 Å². The Bertz CT molecular complexity index is 1250. The summed E-state index contributed by atoms with van der Waals surface area (Å²) in [5.41, 5.74) is 5.91. The van der Waals surface area contributed by atoms with E-state index in [1.165, 1.54) is 22.3 Å². The molecule has 0 aliphatic rings. The van der Waals surface area contributed by atoms with Crippen molar-refractivity contribution in [2.45, 2.75) is 4.90 Å². The first-order chi connectivity index (χ1) is 16.6. The summed E-state index contributed by atoms with van der Waals surface area (Å²) in [5, 5.41) is 8.74. The maximum Gasteiger partial charge on any atom is 0.341 e. The molecule has 0 radical (unpaired) electrons. The van der Waals surface area contributed by atoms with Gasteiger partial charge in [0.2, 0.25) is 0 Å². The number of carbonyl (C=O) groups is 1. The Morgan fingerprint density at radius 1 is 0.794 bits per heavy atom. The zero-order chi connectivity index (χ0) is 23.8. The van der Waals surface area contributed by atoms with Crippen molar-refractivity contribution in [3.63, 3.8) is 0 Å². The Kier molecular flexibility index (Phi) is 8.23. The summed E-state index contributed by atoms with van der Waals surface area (Å²) in [5.74, 6) is 0.360. The molecule has 0 fully saturated rings. The van der Waals surface area contributed by atoms with Crippen molar-refractivity contribution in [2.75, 3.05) is 12.4 Å². The molecule has 4 aromatic rings. The van der Waals surface area contributed by atoms with Crippen LogP contribution in [0.2, 0.25) is 0 Å². The molecule has 0 saturated carbocycles. The number of aliphatic carboxylic acids is 1. The Balaban J connectivity index is 1.52. The van der Waals surface area contributed by atoms with Gasteiger partial charge in [-0.25, -0.2) is 4.79 Å². The molecule has 0 unspecified atom stereocenters. The maximum atomic E-state index is 10.6. The lowest BCUT2D eigenvalue weighted by atomic mass is 9.95. The van der Waals surface area contributed by atoms with Gasteiger partial charge in [0.05, 0.1) is 0 Å². The largest absolute Gasteiger partial charge is 0.482 e. The van der Waals surface area contributed by atoms with Crippen molar-refractivity contribution < 1.29 is 14.6 Å². The first-order valence-electron chi connectivity index (χ1n) is 10.8. The average Bonchev–Trinajstić information content (AvgIpc) is 2.87. The number of hydrogen-bond acceptors (Lipinski definition) is 3. The summed E-state index contributed by atoms with van der Waals surface area (Å²) in [6.45, 7) is -0.338. The Hall–Kier alpha value is -3.28. The smallest absolute Gasteiger partial charge is 0.341 e. The molecule has 5 heteroatoms. The number of hydrogen-bond donors (Lipinski definition) is 1. The molecule has 0 spiro atoms. The molecule has 0 amide bonds. The number of ether oxygens (including phenoxy) is 1. The van der Waals surface area contributed by atoms with Crippen molar-refractivity contribution in [1.82, 2.24) is 0 Å². The average molecular weight is 531 g/mol. The molecule has 0 aliphatic heterocycles. The third-order valence-electron chi connectivity index (χ3n) is 5.18. The molecule has 0 aromatic heterocycles. The molecule has 4 rings (SSSR count). The van der Waals surface area contributed by atoms with Gasteiger partial charge in [0.25, 0.3) is 0 Å². The predicted molar refractivity (Wildman–Crippen MR) is 143 cm³/mol. The number of carboxylic acids is 1. The molecular weight excluding hydrogens is 508 g/mol. The minimum Gasteiger partial charge on any atom is -0.482 e. The minimum absolute atomic E-state index is 0.338. The highest BCUT2D eigenvalue weighted by Gasteiger charge is 2.07. The van der Waals surface area contributed by atoms with E-state index in [0.29, 0.717) is 5.75 Å². The van der Waals surface area contributed by atoms with E-state index in [1.807, 2.05) is 18.2 Å². The van der Waals surface area contributed by atoms with Crippen LogP contribution >= 0.6 is 27.7 Å². The van der Waals surface area contributed by atoms with Crippen LogP contribution < -0.4 is 4.74 Å². The van der Waals surface area contributed by atoms with Crippen LogP contribution in [0.5, 0.6) is 5.75 Å². The van der Waals surface area contributed by atoms with Gasteiger partial charge in [0, 0.05) is 15.1 Å². The van der Waals surface area contributed by atoms with Gasteiger partial charge < -0.3 is 9.84 Å². The van der Waals surface area contributed by atoms with E-state index < -0.39 is 5.97 Å². The molecule has 0 atom stereocenters. The quantitative estimate of drug-likeness (QED) is 0.224. The number of benzene rings is 4. The van der Waals surface area contributed by atoms with E-state index in [9.17, 15) is 4.79 Å². The summed E-state index contributed by atoms with van der Waals surface area (Å²) in [7, 11) is 0. The molecular formula is C29H23BrO3S. The maximum absolute atomic E-state index is 10.6. The zero-order valence-electron chi connectivity index (χ0n) is 18.4. The van der Waals surface area contributed by atoms with Crippen molar-refractivity contribution in [3.05, 3.63) is 125 Å². The third kappa shape index (κ3) is 6.62. The zero-order valence-corrected chi connectivity index (χ0v) is 20.8. The van der Waals surface area contributed by atoms with Crippen LogP contribution in [-0.4, -0.2) is 23.4 Å². The molecule has 34 heavy (non-hydrogen) atoms. The second kappa shape index (κ2) is 11.7. The van der Waals surface area contributed by atoms with Crippen LogP contribution in [0.3, 0.4) is 0 Å². The third-order valence-corrected chi connectivity index (χ3v) is 6.65. The fourth-order valence-corrected chi connectivity index (χ4v) is 4.54. The first kappa shape index (κ1) is 23.9. The van der Waals surface area contributed by atoms with Gasteiger partial charge in [-0.2, -0.15) is 0 Å². The van der Waals surface area contributed by atoms with Crippen molar-refractivity contribution in [3.8, 4) is 16.9 Å². The lowest BCUT2D eigenvalue weighted by molar-refractivity contribution is -0.139. The first-order valence-corrected chi connectivity index (χ1v) is 12.6. The van der Waals surface area contributed by atoms with Crippen molar-refractivity contribution in [2.24, 2.45) is 0 Å². The molecule has 3 nitrogen and oxygen atoms in total. The highest BCUT2D eigenvalue weighted by Crippen LogP contribution is 2.29. The van der Waals surface area contributed by atoms with Gasteiger partial charge in [-0.05, 0) is 64.2 Å². The van der Waals surface area contributed by atoms with E-state index in [4.69, 9.17) is 9.84 Å². The van der Waals surface area contributed by atoms with Gasteiger partial charge in [-0.15, -0.1) is 11.8 Å². The molecule has 170 valence electrons. The van der Waals surface area contributed by atoms with Gasteiger partial charge in [0.15, 0.2) is 6.61 Å². The van der Waals surface area contributed by atoms with E-state index in [0.717, 1.165) is 20.7 Å². The molecule has 0 bridgehead atoms. The Morgan fingerprint density at radius 3 is 2.00 bits per heavy atom. The van der Waals surface area contributed by atoms with E-state index in [2.05, 4.69) is 94.8 Å². The van der Waals surface area contributed by atoms with Crippen LogP contribution in [0, 0.1) is 0 Å².